The number of hydrogen-bond acceptors (Lipinski definition) is 6. The van der Waals surface area contributed by atoms with Crippen LogP contribution in [0.3, 0.4) is 0 Å². The van der Waals surface area contributed by atoms with E-state index in [4.69, 9.17) is 19.6 Å². The Hall–Kier alpha value is -2.94. The third-order valence-corrected chi connectivity index (χ3v) is 6.31. The summed E-state index contributed by atoms with van der Waals surface area (Å²) in [4.78, 5) is 16.5. The van der Waals surface area contributed by atoms with Crippen LogP contribution in [0.1, 0.15) is 37.9 Å². The van der Waals surface area contributed by atoms with Gasteiger partial charge in [-0.3, -0.25) is 14.2 Å². The van der Waals surface area contributed by atoms with Gasteiger partial charge in [-0.05, 0) is 32.8 Å². The zero-order valence-electron chi connectivity index (χ0n) is 18.2. The van der Waals surface area contributed by atoms with E-state index in [9.17, 15) is 4.79 Å². The number of fused-ring (bicyclic) bond motifs is 1. The van der Waals surface area contributed by atoms with Crippen molar-refractivity contribution >= 4 is 16.8 Å². The Morgan fingerprint density at radius 2 is 2.06 bits per heavy atom. The molecular weight excluding hydrogens is 396 g/mol. The van der Waals surface area contributed by atoms with Gasteiger partial charge < -0.3 is 14.8 Å². The van der Waals surface area contributed by atoms with Gasteiger partial charge in [0, 0.05) is 57.1 Å². The van der Waals surface area contributed by atoms with E-state index in [1.54, 1.807) is 4.68 Å². The van der Waals surface area contributed by atoms with Crippen LogP contribution in [0.2, 0.25) is 0 Å². The summed E-state index contributed by atoms with van der Waals surface area (Å²) in [5.74, 6) is 0.748. The number of ether oxygens (including phenoxy) is 2. The molecule has 0 aromatic carbocycles. The molecule has 1 unspecified atom stereocenters. The number of nitrogens with zero attached hydrogens (tertiary/aromatic N) is 5. The zero-order valence-corrected chi connectivity index (χ0v) is 18.2. The first-order chi connectivity index (χ1) is 15.0. The van der Waals surface area contributed by atoms with E-state index in [-0.39, 0.29) is 17.9 Å². The van der Waals surface area contributed by atoms with Crippen molar-refractivity contribution in [3.8, 4) is 17.1 Å². The Morgan fingerprint density at radius 1 is 1.26 bits per heavy atom. The molecule has 0 radical (unpaired) electrons. The van der Waals surface area contributed by atoms with Gasteiger partial charge in [0.05, 0.1) is 28.3 Å². The molecule has 2 aliphatic rings. The van der Waals surface area contributed by atoms with E-state index in [1.807, 2.05) is 33.2 Å². The SMILES string of the molecule is Cc1nn(C2CCOCC2)cc1-c1cc2nn(C)cc2c(O[C@H](C)C2CNC(=O)C2)n1. The molecule has 164 valence electrons. The maximum Gasteiger partial charge on any atom is 0.225 e. The van der Waals surface area contributed by atoms with Gasteiger partial charge in [-0.1, -0.05) is 0 Å². The van der Waals surface area contributed by atoms with E-state index in [0.717, 1.165) is 53.9 Å². The lowest BCUT2D eigenvalue weighted by Gasteiger charge is -2.22. The van der Waals surface area contributed by atoms with E-state index in [1.165, 1.54) is 0 Å². The smallest absolute Gasteiger partial charge is 0.225 e. The topological polar surface area (TPSA) is 96.1 Å². The molecule has 5 rings (SSSR count). The molecule has 0 aliphatic carbocycles. The number of pyridine rings is 1. The molecule has 2 saturated heterocycles. The summed E-state index contributed by atoms with van der Waals surface area (Å²) in [7, 11) is 1.89. The van der Waals surface area contributed by atoms with E-state index in [2.05, 4.69) is 21.3 Å². The van der Waals surface area contributed by atoms with Crippen LogP contribution in [0.25, 0.3) is 22.2 Å². The molecule has 5 heterocycles. The number of aryl methyl sites for hydroxylation is 2. The van der Waals surface area contributed by atoms with E-state index < -0.39 is 0 Å². The number of carbonyl (C=O) groups excluding carboxylic acids is 1. The number of hydrogen-bond donors (Lipinski definition) is 1. The zero-order chi connectivity index (χ0) is 21.5. The predicted octanol–water partition coefficient (Wildman–Crippen LogP) is 2.40. The Labute approximate surface area is 180 Å². The molecule has 2 atom stereocenters. The highest BCUT2D eigenvalue weighted by Gasteiger charge is 2.29. The normalized spacial score (nSPS) is 20.9. The summed E-state index contributed by atoms with van der Waals surface area (Å²) in [5.41, 5.74) is 3.53. The fourth-order valence-corrected chi connectivity index (χ4v) is 4.44. The summed E-state index contributed by atoms with van der Waals surface area (Å²) in [6, 6.07) is 2.34. The van der Waals surface area contributed by atoms with Crippen molar-refractivity contribution in [1.82, 2.24) is 29.9 Å². The minimum absolute atomic E-state index is 0.0739. The van der Waals surface area contributed by atoms with Crippen molar-refractivity contribution in [2.45, 2.75) is 45.3 Å². The third-order valence-electron chi connectivity index (χ3n) is 6.31. The van der Waals surface area contributed by atoms with Gasteiger partial charge in [0.2, 0.25) is 11.8 Å². The van der Waals surface area contributed by atoms with Crippen LogP contribution >= 0.6 is 0 Å². The van der Waals surface area contributed by atoms with Crippen LogP contribution in [0, 0.1) is 12.8 Å². The Bertz CT molecular complexity index is 1110. The average molecular weight is 425 g/mol. The molecule has 2 aliphatic heterocycles. The van der Waals surface area contributed by atoms with Crippen LogP contribution < -0.4 is 10.1 Å². The summed E-state index contributed by atoms with van der Waals surface area (Å²) in [6.45, 7) is 6.17. The van der Waals surface area contributed by atoms with Gasteiger partial charge in [-0.2, -0.15) is 10.2 Å². The van der Waals surface area contributed by atoms with Crippen molar-refractivity contribution in [2.24, 2.45) is 13.0 Å². The van der Waals surface area contributed by atoms with Gasteiger partial charge in [0.15, 0.2) is 0 Å². The molecule has 9 nitrogen and oxygen atoms in total. The van der Waals surface area contributed by atoms with Crippen LogP contribution in [0.5, 0.6) is 5.88 Å². The Kier molecular flexibility index (Phi) is 5.13. The number of aromatic nitrogens is 5. The molecule has 31 heavy (non-hydrogen) atoms. The average Bonchev–Trinajstić information content (AvgIpc) is 3.46. The van der Waals surface area contributed by atoms with Gasteiger partial charge in [-0.15, -0.1) is 0 Å². The van der Waals surface area contributed by atoms with Gasteiger partial charge in [0.1, 0.15) is 6.10 Å². The van der Waals surface area contributed by atoms with Crippen molar-refractivity contribution < 1.29 is 14.3 Å². The second kappa shape index (κ2) is 7.96. The molecule has 1 amide bonds. The van der Waals surface area contributed by atoms with Crippen molar-refractivity contribution in [3.63, 3.8) is 0 Å². The number of rotatable bonds is 5. The minimum atomic E-state index is -0.142. The van der Waals surface area contributed by atoms with Gasteiger partial charge in [-0.25, -0.2) is 4.98 Å². The lowest BCUT2D eigenvalue weighted by Crippen LogP contribution is -2.26. The van der Waals surface area contributed by atoms with Crippen molar-refractivity contribution in [3.05, 3.63) is 24.2 Å². The number of carbonyl (C=O) groups is 1. The molecular formula is C22H28N6O3. The van der Waals surface area contributed by atoms with Crippen LogP contribution in [0.4, 0.5) is 0 Å². The lowest BCUT2D eigenvalue weighted by atomic mass is 10.0. The van der Waals surface area contributed by atoms with Crippen molar-refractivity contribution in [1.29, 1.82) is 0 Å². The maximum atomic E-state index is 11.6. The minimum Gasteiger partial charge on any atom is -0.474 e. The highest BCUT2D eigenvalue weighted by atomic mass is 16.5. The number of nitrogens with one attached hydrogen (secondary N) is 1. The second-order valence-corrected chi connectivity index (χ2v) is 8.59. The molecule has 3 aromatic heterocycles. The molecule has 0 spiro atoms. The molecule has 9 heteroatoms. The highest BCUT2D eigenvalue weighted by Crippen LogP contribution is 2.33. The summed E-state index contributed by atoms with van der Waals surface area (Å²) in [6.07, 6.45) is 6.27. The largest absolute Gasteiger partial charge is 0.474 e. The van der Waals surface area contributed by atoms with Crippen LogP contribution in [-0.4, -0.2) is 56.3 Å². The molecule has 0 saturated carbocycles. The van der Waals surface area contributed by atoms with E-state index >= 15 is 0 Å². The summed E-state index contributed by atoms with van der Waals surface area (Å²) < 4.78 is 15.6. The fourth-order valence-electron chi connectivity index (χ4n) is 4.44. The first-order valence-electron chi connectivity index (χ1n) is 10.9. The van der Waals surface area contributed by atoms with Crippen LogP contribution in [0.15, 0.2) is 18.5 Å². The summed E-state index contributed by atoms with van der Waals surface area (Å²) >= 11 is 0. The Balaban J connectivity index is 1.49. The maximum absolute atomic E-state index is 11.6. The van der Waals surface area contributed by atoms with Gasteiger partial charge >= 0.3 is 0 Å². The Morgan fingerprint density at radius 3 is 2.81 bits per heavy atom. The molecule has 3 aromatic rings. The van der Waals surface area contributed by atoms with E-state index in [0.29, 0.717) is 24.9 Å². The van der Waals surface area contributed by atoms with Crippen LogP contribution in [-0.2, 0) is 16.6 Å². The first kappa shape index (κ1) is 20.0. The fraction of sp³-hybridized carbons (Fsp3) is 0.545. The molecule has 2 fully saturated rings. The second-order valence-electron chi connectivity index (χ2n) is 8.59. The molecule has 1 N–H and O–H groups in total. The van der Waals surface area contributed by atoms with Crippen molar-refractivity contribution in [2.75, 3.05) is 19.8 Å². The first-order valence-corrected chi connectivity index (χ1v) is 10.9. The predicted molar refractivity (Wildman–Crippen MR) is 115 cm³/mol. The third kappa shape index (κ3) is 3.89. The quantitative estimate of drug-likeness (QED) is 0.676. The standard InChI is InChI=1S/C22H28N6O3/c1-13-17(12-28(25-13)16-4-6-30-7-5-16)19-9-20-18(11-27(3)26-20)22(24-19)31-14(2)15-8-21(29)23-10-15/h9,11-12,14-16H,4-8,10H2,1-3H3,(H,23,29)/t14-,15?/m1/s1. The summed E-state index contributed by atoms with van der Waals surface area (Å²) in [5, 5.41) is 13.1. The highest BCUT2D eigenvalue weighted by molar-refractivity contribution is 5.87. The lowest BCUT2D eigenvalue weighted by molar-refractivity contribution is -0.119. The van der Waals surface area contributed by atoms with Gasteiger partial charge in [0.25, 0.3) is 0 Å². The number of amides is 1. The molecule has 0 bridgehead atoms. The monoisotopic (exact) mass is 424 g/mol.